The number of nitriles is 1. The molecule has 2 aromatic carbocycles. The number of fused-ring (bicyclic) bond motifs is 1. The van der Waals surface area contributed by atoms with Gasteiger partial charge < -0.3 is 5.32 Å². The molecule has 12 heteroatoms. The van der Waals surface area contributed by atoms with Crippen molar-refractivity contribution in [3.05, 3.63) is 71.0 Å². The third-order valence-electron chi connectivity index (χ3n) is 6.41. The van der Waals surface area contributed by atoms with Gasteiger partial charge in [0.2, 0.25) is 15.9 Å². The molecule has 2 atom stereocenters. The molecule has 36 heavy (non-hydrogen) atoms. The summed E-state index contributed by atoms with van der Waals surface area (Å²) in [5.41, 5.74) is 0.165. The van der Waals surface area contributed by atoms with Crippen molar-refractivity contribution in [2.75, 3.05) is 12.3 Å². The maximum atomic E-state index is 14.0. The number of hydrogen-bond donors (Lipinski definition) is 2. The van der Waals surface area contributed by atoms with Crippen LogP contribution in [0.2, 0.25) is 0 Å². The Morgan fingerprint density at radius 1 is 1.11 bits per heavy atom. The number of nitrogens with one attached hydrogen (secondary N) is 2. The number of halogens is 4. The molecule has 0 radical (unpaired) electrons. The molecule has 1 aliphatic carbocycles. The number of amides is 1. The number of sulfonamides is 1. The zero-order valence-corrected chi connectivity index (χ0v) is 19.9. The van der Waals surface area contributed by atoms with Crippen molar-refractivity contribution in [2.45, 2.75) is 49.6 Å². The number of alkyl halides is 3. The van der Waals surface area contributed by atoms with Crippen molar-refractivity contribution in [1.29, 1.82) is 5.26 Å². The minimum absolute atomic E-state index is 0.0373. The Morgan fingerprint density at radius 3 is 2.33 bits per heavy atom. The lowest BCUT2D eigenvalue weighted by Gasteiger charge is -2.31. The van der Waals surface area contributed by atoms with Crippen LogP contribution >= 0.6 is 0 Å². The summed E-state index contributed by atoms with van der Waals surface area (Å²) in [6.07, 6.45) is -3.86. The van der Waals surface area contributed by atoms with Gasteiger partial charge in [-0.3, -0.25) is 10.1 Å². The number of nitrogens with zero attached hydrogens (tertiary/aromatic N) is 2. The molecule has 1 saturated carbocycles. The molecule has 4 rings (SSSR count). The van der Waals surface area contributed by atoms with Crippen LogP contribution in [0.15, 0.2) is 48.5 Å². The van der Waals surface area contributed by atoms with Gasteiger partial charge in [-0.05, 0) is 48.1 Å². The molecule has 192 valence electrons. The fourth-order valence-electron chi connectivity index (χ4n) is 4.17. The molecule has 0 spiro atoms. The highest BCUT2D eigenvalue weighted by molar-refractivity contribution is 7.89. The van der Waals surface area contributed by atoms with Gasteiger partial charge in [-0.15, -0.1) is 0 Å². The fraction of sp³-hybridized carbons (Fsp3) is 0.417. The largest absolute Gasteiger partial charge is 0.407 e. The van der Waals surface area contributed by atoms with E-state index in [1.165, 1.54) is 0 Å². The van der Waals surface area contributed by atoms with Gasteiger partial charge in [0.25, 0.3) is 0 Å². The van der Waals surface area contributed by atoms with Crippen molar-refractivity contribution in [2.24, 2.45) is 0 Å². The van der Waals surface area contributed by atoms with E-state index >= 15 is 0 Å². The minimum Gasteiger partial charge on any atom is -0.336 e. The van der Waals surface area contributed by atoms with Crippen LogP contribution in [0, 0.1) is 17.1 Å². The van der Waals surface area contributed by atoms with E-state index in [0.717, 1.165) is 39.7 Å². The molecule has 0 saturated heterocycles. The summed E-state index contributed by atoms with van der Waals surface area (Å²) in [6.45, 7) is 0.159. The molecule has 2 N–H and O–H groups in total. The van der Waals surface area contributed by atoms with E-state index in [1.54, 1.807) is 12.1 Å². The minimum atomic E-state index is -4.92. The molecule has 0 bridgehead atoms. The highest BCUT2D eigenvalue weighted by Gasteiger charge is 2.48. The summed E-state index contributed by atoms with van der Waals surface area (Å²) in [5, 5.41) is 13.9. The van der Waals surface area contributed by atoms with Crippen LogP contribution < -0.4 is 10.6 Å². The first-order valence-electron chi connectivity index (χ1n) is 11.3. The van der Waals surface area contributed by atoms with Crippen molar-refractivity contribution in [3.8, 4) is 6.07 Å². The zero-order valence-electron chi connectivity index (χ0n) is 19.1. The SMILES string of the molecule is N#CC1(NC(=O)[C@H](CS(=O)(=O)N2CCc3ccccc3C2)N[C@@H](c2ccc(F)cc2)C(F)(F)F)CC1. The molecule has 2 aromatic rings. The third kappa shape index (κ3) is 5.86. The second kappa shape index (κ2) is 9.80. The number of carbonyl (C=O) groups is 1. The molecule has 7 nitrogen and oxygen atoms in total. The van der Waals surface area contributed by atoms with Gasteiger partial charge in [-0.1, -0.05) is 36.4 Å². The van der Waals surface area contributed by atoms with Crippen LogP contribution in [0.1, 0.15) is 35.6 Å². The molecule has 1 heterocycles. The van der Waals surface area contributed by atoms with Crippen molar-refractivity contribution >= 4 is 15.9 Å². The second-order valence-corrected chi connectivity index (χ2v) is 11.1. The van der Waals surface area contributed by atoms with Gasteiger partial charge in [0.05, 0.1) is 11.8 Å². The smallest absolute Gasteiger partial charge is 0.336 e. The molecule has 0 aromatic heterocycles. The Bertz CT molecular complexity index is 1270. The van der Waals surface area contributed by atoms with Crippen molar-refractivity contribution in [3.63, 3.8) is 0 Å². The standard InChI is InChI=1S/C24H24F4N4O3S/c25-19-7-5-17(6-8-19)21(24(26,27)28)30-20(22(33)31-23(15-29)10-11-23)14-36(34,35)32-12-9-16-3-1-2-4-18(16)13-32/h1-8,20-21,30H,9-14H2,(H,31,33)/t20-,21-/m0/s1. The van der Waals surface area contributed by atoms with E-state index in [2.05, 4.69) is 10.6 Å². The summed E-state index contributed by atoms with van der Waals surface area (Å²) in [4.78, 5) is 13.0. The monoisotopic (exact) mass is 524 g/mol. The molecule has 2 aliphatic rings. The van der Waals surface area contributed by atoms with Gasteiger partial charge in [0.1, 0.15) is 23.4 Å². The van der Waals surface area contributed by atoms with Crippen molar-refractivity contribution in [1.82, 2.24) is 14.9 Å². The number of hydrogen-bond acceptors (Lipinski definition) is 5. The summed E-state index contributed by atoms with van der Waals surface area (Å²) in [5.74, 6) is -2.71. The Hall–Kier alpha value is -3.01. The molecule has 1 aliphatic heterocycles. The molecular weight excluding hydrogens is 500 g/mol. The molecule has 1 fully saturated rings. The highest BCUT2D eigenvalue weighted by Crippen LogP contribution is 2.36. The van der Waals surface area contributed by atoms with Crippen molar-refractivity contribution < 1.29 is 30.8 Å². The number of rotatable bonds is 8. The van der Waals surface area contributed by atoms with Gasteiger partial charge in [0.15, 0.2) is 0 Å². The maximum absolute atomic E-state index is 14.0. The van der Waals surface area contributed by atoms with Gasteiger partial charge in [0, 0.05) is 13.1 Å². The maximum Gasteiger partial charge on any atom is 0.407 e. The fourth-order valence-corrected chi connectivity index (χ4v) is 5.76. The predicted molar refractivity (Wildman–Crippen MR) is 122 cm³/mol. The quantitative estimate of drug-likeness (QED) is 0.517. The first-order chi connectivity index (χ1) is 16.9. The first kappa shape index (κ1) is 26.1. The van der Waals surface area contributed by atoms with Crippen LogP contribution in [0.3, 0.4) is 0 Å². The summed E-state index contributed by atoms with van der Waals surface area (Å²) < 4.78 is 83.0. The zero-order chi connectivity index (χ0) is 26.1. The highest BCUT2D eigenvalue weighted by atomic mass is 32.2. The lowest BCUT2D eigenvalue weighted by atomic mass is 10.0. The summed E-state index contributed by atoms with van der Waals surface area (Å²) in [7, 11) is -4.19. The van der Waals surface area contributed by atoms with E-state index < -0.39 is 51.3 Å². The molecular formula is C24H24F4N4O3S. The normalized spacial score (nSPS) is 19.0. The number of carbonyl (C=O) groups excluding carboxylic acids is 1. The third-order valence-corrected chi connectivity index (χ3v) is 8.26. The lowest BCUT2D eigenvalue weighted by Crippen LogP contribution is -2.55. The van der Waals surface area contributed by atoms with Crippen LogP contribution in [0.4, 0.5) is 17.6 Å². The first-order valence-corrected chi connectivity index (χ1v) is 12.9. The Morgan fingerprint density at radius 2 is 1.75 bits per heavy atom. The van der Waals surface area contributed by atoms with Crippen LogP contribution in [0.25, 0.3) is 0 Å². The summed E-state index contributed by atoms with van der Waals surface area (Å²) in [6, 6.07) is 8.44. The molecule has 0 unspecified atom stereocenters. The van der Waals surface area contributed by atoms with E-state index in [-0.39, 0.29) is 18.7 Å². The average Bonchev–Trinajstić information content (AvgIpc) is 3.61. The van der Waals surface area contributed by atoms with Gasteiger partial charge >= 0.3 is 6.18 Å². The van der Waals surface area contributed by atoms with E-state index in [1.807, 2.05) is 18.2 Å². The second-order valence-electron chi connectivity index (χ2n) is 9.06. The van der Waals surface area contributed by atoms with E-state index in [9.17, 15) is 36.0 Å². The Balaban J connectivity index is 1.61. The lowest BCUT2D eigenvalue weighted by molar-refractivity contribution is -0.160. The average molecular weight is 525 g/mol. The van der Waals surface area contributed by atoms with E-state index in [0.29, 0.717) is 19.3 Å². The van der Waals surface area contributed by atoms with Gasteiger partial charge in [-0.25, -0.2) is 12.8 Å². The van der Waals surface area contributed by atoms with E-state index in [4.69, 9.17) is 0 Å². The topological polar surface area (TPSA) is 102 Å². The van der Waals surface area contributed by atoms with Gasteiger partial charge in [-0.2, -0.15) is 22.7 Å². The number of benzene rings is 2. The van der Waals surface area contributed by atoms with Crippen LogP contribution in [0.5, 0.6) is 0 Å². The van der Waals surface area contributed by atoms with Crippen LogP contribution in [-0.4, -0.2) is 48.7 Å². The van der Waals surface area contributed by atoms with Crippen LogP contribution in [-0.2, 0) is 27.8 Å². The Kier molecular flexibility index (Phi) is 7.10. The Labute approximate surface area is 206 Å². The molecule has 1 amide bonds. The predicted octanol–water partition coefficient (Wildman–Crippen LogP) is 2.95. The summed E-state index contributed by atoms with van der Waals surface area (Å²) >= 11 is 0.